The molecule has 1 unspecified atom stereocenters. The van der Waals surface area contributed by atoms with Crippen LogP contribution in [0.2, 0.25) is 0 Å². The molecule has 0 aliphatic carbocycles. The number of morpholine rings is 1. The van der Waals surface area contributed by atoms with E-state index in [2.05, 4.69) is 31.8 Å². The number of amidine groups is 1. The highest BCUT2D eigenvalue weighted by Crippen LogP contribution is 2.22. The van der Waals surface area contributed by atoms with Crippen molar-refractivity contribution in [3.8, 4) is 0 Å². The Morgan fingerprint density at radius 3 is 3.03 bits per heavy atom. The lowest BCUT2D eigenvalue weighted by atomic mass is 10.1. The van der Waals surface area contributed by atoms with Gasteiger partial charge in [-0.25, -0.2) is 15.0 Å². The lowest BCUT2D eigenvalue weighted by molar-refractivity contribution is 0.0672. The predicted molar refractivity (Wildman–Crippen MR) is 133 cm³/mol. The molecule has 33 heavy (non-hydrogen) atoms. The van der Waals surface area contributed by atoms with Crippen molar-refractivity contribution >= 4 is 45.0 Å². The van der Waals surface area contributed by atoms with Crippen LogP contribution in [0.5, 0.6) is 0 Å². The minimum absolute atomic E-state index is 0.304. The Labute approximate surface area is 197 Å². The fraction of sp³-hybridized carbons (Fsp3) is 0.478. The molecule has 10 heteroatoms. The average molecular weight is 468 g/mol. The summed E-state index contributed by atoms with van der Waals surface area (Å²) in [6.45, 7) is 8.15. The van der Waals surface area contributed by atoms with Crippen LogP contribution in [0.25, 0.3) is 10.2 Å². The van der Waals surface area contributed by atoms with Crippen LogP contribution in [-0.4, -0.2) is 77.5 Å². The number of fused-ring (bicyclic) bond motifs is 1. The summed E-state index contributed by atoms with van der Waals surface area (Å²) in [6.07, 6.45) is 8.42. The van der Waals surface area contributed by atoms with E-state index in [1.165, 1.54) is 11.3 Å². The number of aliphatic imine (C=N–C) groups is 3. The lowest BCUT2D eigenvalue weighted by Crippen LogP contribution is -2.41. The summed E-state index contributed by atoms with van der Waals surface area (Å²) in [7, 11) is 0. The summed E-state index contributed by atoms with van der Waals surface area (Å²) in [5.41, 5.74) is 2.76. The predicted octanol–water partition coefficient (Wildman–Crippen LogP) is 3.71. The number of nitrogens with zero attached hydrogens (tertiary/aromatic N) is 6. The normalized spacial score (nSPS) is 19.6. The van der Waals surface area contributed by atoms with Crippen molar-refractivity contribution in [3.63, 3.8) is 0 Å². The van der Waals surface area contributed by atoms with Gasteiger partial charge in [-0.1, -0.05) is 6.92 Å². The van der Waals surface area contributed by atoms with Crippen LogP contribution in [0.15, 0.2) is 45.3 Å². The molecule has 4 heterocycles. The molecular formula is C23H29N7O2S. The quantitative estimate of drug-likeness (QED) is 0.362. The molecule has 9 nitrogen and oxygen atoms in total. The third-order valence-corrected chi connectivity index (χ3v) is 6.25. The minimum atomic E-state index is -0.695. The summed E-state index contributed by atoms with van der Waals surface area (Å²) >= 11 is 1.46. The van der Waals surface area contributed by atoms with Gasteiger partial charge in [0.05, 0.1) is 36.1 Å². The maximum absolute atomic E-state index is 8.57. The van der Waals surface area contributed by atoms with Gasteiger partial charge in [0.2, 0.25) is 0 Å². The Hall–Kier alpha value is -2.98. The van der Waals surface area contributed by atoms with Crippen molar-refractivity contribution in [3.05, 3.63) is 35.3 Å². The van der Waals surface area contributed by atoms with Gasteiger partial charge < -0.3 is 14.4 Å². The molecular weight excluding hydrogens is 438 g/mol. The fourth-order valence-electron chi connectivity index (χ4n) is 3.49. The van der Waals surface area contributed by atoms with Crippen LogP contribution in [-0.2, 0) is 9.47 Å². The van der Waals surface area contributed by atoms with Crippen molar-refractivity contribution in [2.75, 3.05) is 32.8 Å². The molecule has 1 saturated heterocycles. The second kappa shape index (κ2) is 11.2. The zero-order valence-corrected chi connectivity index (χ0v) is 19.8. The molecule has 1 atom stereocenters. The second-order valence-corrected chi connectivity index (χ2v) is 8.88. The van der Waals surface area contributed by atoms with Crippen LogP contribution in [0, 0.1) is 5.41 Å². The molecule has 2 aromatic heterocycles. The molecule has 0 aromatic carbocycles. The number of ether oxygens (including phenoxy) is 2. The van der Waals surface area contributed by atoms with Crippen molar-refractivity contribution in [1.29, 1.82) is 5.41 Å². The Morgan fingerprint density at radius 1 is 1.39 bits per heavy atom. The van der Waals surface area contributed by atoms with Crippen LogP contribution >= 0.6 is 11.3 Å². The van der Waals surface area contributed by atoms with Crippen molar-refractivity contribution in [2.24, 2.45) is 15.0 Å². The first-order valence-electron chi connectivity index (χ1n) is 11.2. The lowest BCUT2D eigenvalue weighted by Gasteiger charge is -2.30. The summed E-state index contributed by atoms with van der Waals surface area (Å²) in [5, 5.41) is 9.19. The molecule has 0 saturated carbocycles. The van der Waals surface area contributed by atoms with E-state index in [0.717, 1.165) is 60.9 Å². The maximum atomic E-state index is 8.57. The molecule has 2 aliphatic rings. The number of hydrogen-bond donors (Lipinski definition) is 1. The molecule has 0 spiro atoms. The zero-order chi connectivity index (χ0) is 23.0. The SMILES string of the molecule is CCCN=C(C/C(C)=C/OC1N=CCC(C(=N)c2nc3cnccc3s2)=N1)N1CCOCC1. The number of pyridine rings is 1. The molecule has 2 aromatic rings. The van der Waals surface area contributed by atoms with E-state index in [0.29, 0.717) is 29.3 Å². The molecule has 2 aliphatic heterocycles. The van der Waals surface area contributed by atoms with Crippen LogP contribution in [0.1, 0.15) is 38.1 Å². The molecule has 0 bridgehead atoms. The molecule has 1 fully saturated rings. The average Bonchev–Trinajstić information content (AvgIpc) is 3.30. The number of thiazole rings is 1. The van der Waals surface area contributed by atoms with Gasteiger partial charge in [0.25, 0.3) is 6.35 Å². The monoisotopic (exact) mass is 467 g/mol. The summed E-state index contributed by atoms with van der Waals surface area (Å²) in [4.78, 5) is 24.6. The van der Waals surface area contributed by atoms with Gasteiger partial charge >= 0.3 is 0 Å². The van der Waals surface area contributed by atoms with Crippen LogP contribution < -0.4 is 0 Å². The number of hydrogen-bond acceptors (Lipinski definition) is 9. The number of rotatable bonds is 8. The smallest absolute Gasteiger partial charge is 0.287 e. The maximum Gasteiger partial charge on any atom is 0.287 e. The van der Waals surface area contributed by atoms with Crippen LogP contribution in [0.4, 0.5) is 0 Å². The van der Waals surface area contributed by atoms with Gasteiger partial charge in [-0.15, -0.1) is 11.3 Å². The largest absolute Gasteiger partial charge is 0.457 e. The highest BCUT2D eigenvalue weighted by Gasteiger charge is 2.20. The number of aromatic nitrogens is 2. The number of nitrogens with one attached hydrogen (secondary N) is 1. The Balaban J connectivity index is 1.40. The van der Waals surface area contributed by atoms with Crippen molar-refractivity contribution in [2.45, 2.75) is 39.5 Å². The molecule has 0 radical (unpaired) electrons. The Bertz CT molecular complexity index is 1070. The second-order valence-electron chi connectivity index (χ2n) is 7.85. The topological polar surface area (TPSA) is 108 Å². The highest BCUT2D eigenvalue weighted by molar-refractivity contribution is 7.21. The molecule has 4 rings (SSSR count). The van der Waals surface area contributed by atoms with Gasteiger partial charge in [-0.05, 0) is 25.0 Å². The van der Waals surface area contributed by atoms with E-state index in [4.69, 9.17) is 19.9 Å². The Morgan fingerprint density at radius 2 is 2.24 bits per heavy atom. The van der Waals surface area contributed by atoms with Gasteiger partial charge in [0.1, 0.15) is 22.1 Å². The minimum Gasteiger partial charge on any atom is -0.457 e. The van der Waals surface area contributed by atoms with Crippen molar-refractivity contribution < 1.29 is 9.47 Å². The highest BCUT2D eigenvalue weighted by atomic mass is 32.1. The van der Waals surface area contributed by atoms with E-state index in [-0.39, 0.29) is 0 Å². The van der Waals surface area contributed by atoms with E-state index < -0.39 is 6.35 Å². The van der Waals surface area contributed by atoms with Crippen LogP contribution in [0.3, 0.4) is 0 Å². The van der Waals surface area contributed by atoms with Gasteiger partial charge in [0.15, 0.2) is 0 Å². The van der Waals surface area contributed by atoms with E-state index in [9.17, 15) is 0 Å². The summed E-state index contributed by atoms with van der Waals surface area (Å²) < 4.78 is 12.3. The summed E-state index contributed by atoms with van der Waals surface area (Å²) in [6, 6.07) is 1.91. The third-order valence-electron chi connectivity index (χ3n) is 5.20. The van der Waals surface area contributed by atoms with Crippen molar-refractivity contribution in [1.82, 2.24) is 14.9 Å². The molecule has 0 amide bonds. The van der Waals surface area contributed by atoms with Gasteiger partial charge in [0, 0.05) is 44.9 Å². The Kier molecular flexibility index (Phi) is 7.90. The zero-order valence-electron chi connectivity index (χ0n) is 19.0. The molecule has 1 N–H and O–H groups in total. The van der Waals surface area contributed by atoms with E-state index in [1.807, 2.05) is 13.0 Å². The fourth-order valence-corrected chi connectivity index (χ4v) is 4.39. The standard InChI is InChI=1S/C23H29N7O2S/c1-3-6-26-20(30-9-11-31-12-10-30)13-16(2)15-32-23-27-8-4-17(29-23)21(24)22-28-18-14-25-7-5-19(18)33-22/h5,7-8,14-15,23-24H,3-4,6,9-13H2,1-2H3/b16-15+,24-21?,26-20?. The van der Waals surface area contributed by atoms with E-state index in [1.54, 1.807) is 24.9 Å². The third kappa shape index (κ3) is 6.08. The first-order valence-corrected chi connectivity index (χ1v) is 12.0. The van der Waals surface area contributed by atoms with Gasteiger partial charge in [-0.3, -0.25) is 15.4 Å². The summed E-state index contributed by atoms with van der Waals surface area (Å²) in [5.74, 6) is 1.07. The first kappa shape index (κ1) is 23.2. The van der Waals surface area contributed by atoms with Gasteiger partial charge in [-0.2, -0.15) is 0 Å². The van der Waals surface area contributed by atoms with E-state index >= 15 is 0 Å². The first-order chi connectivity index (χ1) is 16.1. The molecule has 174 valence electrons.